The van der Waals surface area contributed by atoms with Gasteiger partial charge in [0.25, 0.3) is 5.91 Å². The van der Waals surface area contributed by atoms with Gasteiger partial charge < -0.3 is 10.6 Å². The average molecular weight is 280 g/mol. The minimum Gasteiger partial charge on any atom is -0.385 e. The van der Waals surface area contributed by atoms with Crippen LogP contribution in [0.2, 0.25) is 0 Å². The van der Waals surface area contributed by atoms with Crippen LogP contribution in [-0.2, 0) is 12.8 Å². The molecule has 21 heavy (non-hydrogen) atoms. The third-order valence-corrected chi connectivity index (χ3v) is 3.94. The quantitative estimate of drug-likeness (QED) is 0.896. The second-order valence-corrected chi connectivity index (χ2v) is 5.37. The van der Waals surface area contributed by atoms with Gasteiger partial charge in [0.15, 0.2) is 0 Å². The van der Waals surface area contributed by atoms with Crippen LogP contribution in [0.3, 0.4) is 0 Å². The van der Waals surface area contributed by atoms with Crippen molar-refractivity contribution in [2.24, 2.45) is 0 Å². The largest absolute Gasteiger partial charge is 0.385 e. The Kier molecular flexibility index (Phi) is 3.91. The number of benzene rings is 2. The lowest BCUT2D eigenvalue weighted by atomic mass is 10.0. The topological polar surface area (TPSA) is 41.1 Å². The van der Waals surface area contributed by atoms with Crippen LogP contribution in [0.1, 0.15) is 34.8 Å². The number of amides is 1. The molecule has 0 saturated heterocycles. The van der Waals surface area contributed by atoms with E-state index in [1.165, 1.54) is 11.3 Å². The van der Waals surface area contributed by atoms with E-state index in [1.54, 1.807) is 0 Å². The molecule has 0 spiro atoms. The van der Waals surface area contributed by atoms with Crippen molar-refractivity contribution >= 4 is 17.3 Å². The number of nitrogens with one attached hydrogen (secondary N) is 2. The number of carbonyl (C=O) groups excluding carboxylic acids is 1. The van der Waals surface area contributed by atoms with E-state index in [4.69, 9.17) is 0 Å². The molecular weight excluding hydrogens is 260 g/mol. The van der Waals surface area contributed by atoms with Gasteiger partial charge in [-0.25, -0.2) is 0 Å². The first-order chi connectivity index (χ1) is 10.3. The zero-order valence-corrected chi connectivity index (χ0v) is 12.3. The number of anilines is 2. The fourth-order valence-electron chi connectivity index (χ4n) is 2.80. The second kappa shape index (κ2) is 6.00. The molecule has 0 radical (unpaired) electrons. The van der Waals surface area contributed by atoms with Gasteiger partial charge in [-0.2, -0.15) is 0 Å². The lowest BCUT2D eigenvalue weighted by Gasteiger charge is -2.19. The van der Waals surface area contributed by atoms with E-state index in [1.807, 2.05) is 30.3 Å². The molecule has 2 aromatic rings. The lowest BCUT2D eigenvalue weighted by Crippen LogP contribution is -2.15. The Balaban J connectivity index is 1.81. The van der Waals surface area contributed by atoms with Gasteiger partial charge in [0.2, 0.25) is 0 Å². The van der Waals surface area contributed by atoms with Gasteiger partial charge in [0, 0.05) is 23.5 Å². The van der Waals surface area contributed by atoms with Crippen LogP contribution in [0.15, 0.2) is 42.5 Å². The van der Waals surface area contributed by atoms with Crippen molar-refractivity contribution in [2.45, 2.75) is 26.2 Å². The van der Waals surface area contributed by atoms with Crippen LogP contribution < -0.4 is 10.6 Å². The van der Waals surface area contributed by atoms with E-state index in [-0.39, 0.29) is 5.91 Å². The molecule has 3 heteroatoms. The molecule has 108 valence electrons. The SMILES string of the molecule is CCc1ccccc1C(=O)Nc1ccc2c(c1)CCCN2. The fourth-order valence-corrected chi connectivity index (χ4v) is 2.80. The number of aryl methyl sites for hydroxylation is 2. The summed E-state index contributed by atoms with van der Waals surface area (Å²) in [5.74, 6) is -0.0313. The van der Waals surface area contributed by atoms with Crippen LogP contribution in [0.4, 0.5) is 11.4 Å². The first-order valence-corrected chi connectivity index (χ1v) is 7.54. The highest BCUT2D eigenvalue weighted by atomic mass is 16.1. The van der Waals surface area contributed by atoms with Gasteiger partial charge in [-0.15, -0.1) is 0 Å². The van der Waals surface area contributed by atoms with Gasteiger partial charge in [-0.05, 0) is 54.7 Å². The number of hydrogen-bond acceptors (Lipinski definition) is 2. The van der Waals surface area contributed by atoms with Crippen LogP contribution in [0, 0.1) is 0 Å². The molecule has 1 aliphatic rings. The molecule has 0 saturated carbocycles. The predicted molar refractivity (Wildman–Crippen MR) is 87.0 cm³/mol. The Bertz CT molecular complexity index is 664. The minimum absolute atomic E-state index is 0.0313. The summed E-state index contributed by atoms with van der Waals surface area (Å²) in [6, 6.07) is 13.9. The molecule has 0 atom stereocenters. The van der Waals surface area contributed by atoms with E-state index in [2.05, 4.69) is 29.7 Å². The summed E-state index contributed by atoms with van der Waals surface area (Å²) < 4.78 is 0. The molecule has 2 aromatic carbocycles. The molecule has 3 rings (SSSR count). The first-order valence-electron chi connectivity index (χ1n) is 7.54. The van der Waals surface area contributed by atoms with Crippen molar-refractivity contribution < 1.29 is 4.79 Å². The number of fused-ring (bicyclic) bond motifs is 1. The zero-order valence-electron chi connectivity index (χ0n) is 12.3. The Labute approximate surface area is 125 Å². The van der Waals surface area contributed by atoms with Crippen LogP contribution in [-0.4, -0.2) is 12.5 Å². The van der Waals surface area contributed by atoms with Crippen LogP contribution in [0.25, 0.3) is 0 Å². The highest BCUT2D eigenvalue weighted by Gasteiger charge is 2.12. The maximum atomic E-state index is 12.4. The number of hydrogen-bond donors (Lipinski definition) is 2. The summed E-state index contributed by atoms with van der Waals surface area (Å²) in [7, 11) is 0. The van der Waals surface area contributed by atoms with Gasteiger partial charge in [-0.1, -0.05) is 25.1 Å². The number of rotatable bonds is 3. The van der Waals surface area contributed by atoms with E-state index in [9.17, 15) is 4.79 Å². The molecule has 1 heterocycles. The molecule has 0 aromatic heterocycles. The van der Waals surface area contributed by atoms with Crippen molar-refractivity contribution in [3.63, 3.8) is 0 Å². The van der Waals surface area contributed by atoms with Crippen molar-refractivity contribution in [2.75, 3.05) is 17.2 Å². The maximum Gasteiger partial charge on any atom is 0.255 e. The van der Waals surface area contributed by atoms with Gasteiger partial charge in [-0.3, -0.25) is 4.79 Å². The molecule has 2 N–H and O–H groups in total. The summed E-state index contributed by atoms with van der Waals surface area (Å²) in [6.45, 7) is 3.10. The molecule has 1 amide bonds. The molecular formula is C18H20N2O. The van der Waals surface area contributed by atoms with E-state index in [0.29, 0.717) is 0 Å². The lowest BCUT2D eigenvalue weighted by molar-refractivity contribution is 0.102. The third kappa shape index (κ3) is 2.92. The highest BCUT2D eigenvalue weighted by molar-refractivity contribution is 6.05. The Morgan fingerprint density at radius 3 is 2.95 bits per heavy atom. The van der Waals surface area contributed by atoms with Crippen molar-refractivity contribution in [3.05, 3.63) is 59.2 Å². The molecule has 3 nitrogen and oxygen atoms in total. The van der Waals surface area contributed by atoms with E-state index < -0.39 is 0 Å². The summed E-state index contributed by atoms with van der Waals surface area (Å²) in [6.07, 6.45) is 3.07. The van der Waals surface area contributed by atoms with Gasteiger partial charge in [0.1, 0.15) is 0 Å². The average Bonchev–Trinajstić information content (AvgIpc) is 2.54. The fraction of sp³-hybridized carbons (Fsp3) is 0.278. The number of carbonyl (C=O) groups is 1. The highest BCUT2D eigenvalue weighted by Crippen LogP contribution is 2.25. The van der Waals surface area contributed by atoms with E-state index in [0.717, 1.165) is 42.6 Å². The van der Waals surface area contributed by atoms with Crippen LogP contribution in [0.5, 0.6) is 0 Å². The Morgan fingerprint density at radius 1 is 1.24 bits per heavy atom. The van der Waals surface area contributed by atoms with Gasteiger partial charge >= 0.3 is 0 Å². The maximum absolute atomic E-state index is 12.4. The van der Waals surface area contributed by atoms with Crippen molar-refractivity contribution in [1.82, 2.24) is 0 Å². The molecule has 1 aliphatic heterocycles. The molecule has 0 unspecified atom stereocenters. The first kappa shape index (κ1) is 13.7. The molecule has 0 fully saturated rings. The second-order valence-electron chi connectivity index (χ2n) is 5.37. The smallest absolute Gasteiger partial charge is 0.255 e. The van der Waals surface area contributed by atoms with E-state index >= 15 is 0 Å². The minimum atomic E-state index is -0.0313. The summed E-state index contributed by atoms with van der Waals surface area (Å²) >= 11 is 0. The predicted octanol–water partition coefficient (Wildman–Crippen LogP) is 3.86. The normalized spacial score (nSPS) is 13.2. The Hall–Kier alpha value is -2.29. The Morgan fingerprint density at radius 2 is 2.10 bits per heavy atom. The molecule has 0 aliphatic carbocycles. The van der Waals surface area contributed by atoms with Gasteiger partial charge in [0.05, 0.1) is 0 Å². The monoisotopic (exact) mass is 280 g/mol. The summed E-state index contributed by atoms with van der Waals surface area (Å²) in [5.41, 5.74) is 5.18. The van der Waals surface area contributed by atoms with Crippen molar-refractivity contribution in [1.29, 1.82) is 0 Å². The zero-order chi connectivity index (χ0) is 14.7. The standard InChI is InChI=1S/C18H20N2O/c1-2-13-6-3-4-8-16(13)18(21)20-15-9-10-17-14(12-15)7-5-11-19-17/h3-4,6,8-10,12,19H,2,5,7,11H2,1H3,(H,20,21). The van der Waals surface area contributed by atoms with Crippen molar-refractivity contribution in [3.8, 4) is 0 Å². The summed E-state index contributed by atoms with van der Waals surface area (Å²) in [4.78, 5) is 12.4. The van der Waals surface area contributed by atoms with Crippen LogP contribution >= 0.6 is 0 Å². The summed E-state index contributed by atoms with van der Waals surface area (Å²) in [5, 5.41) is 6.40. The molecule has 0 bridgehead atoms. The third-order valence-electron chi connectivity index (χ3n) is 3.94.